The number of carbonyl (C=O) groups is 2. The SMILES string of the molecule is CCCCCCC(=O)[C@@H]1COC(C)(C)N1C(=O)OC(C)(C)C. The quantitative estimate of drug-likeness (QED) is 0.698. The fourth-order valence-corrected chi connectivity index (χ4v) is 2.59. The predicted octanol–water partition coefficient (Wildman–Crippen LogP) is 3.90. The fourth-order valence-electron chi connectivity index (χ4n) is 2.59. The summed E-state index contributed by atoms with van der Waals surface area (Å²) in [4.78, 5) is 26.3. The van der Waals surface area contributed by atoms with Crippen molar-refractivity contribution in [1.82, 2.24) is 4.90 Å². The van der Waals surface area contributed by atoms with Crippen molar-refractivity contribution in [1.29, 1.82) is 0 Å². The number of nitrogens with zero attached hydrogens (tertiary/aromatic N) is 1. The van der Waals surface area contributed by atoms with Crippen LogP contribution in [-0.4, -0.2) is 40.8 Å². The van der Waals surface area contributed by atoms with Crippen LogP contribution in [-0.2, 0) is 14.3 Å². The molecule has 0 unspecified atom stereocenters. The van der Waals surface area contributed by atoms with Crippen LogP contribution in [0.15, 0.2) is 0 Å². The normalized spacial score (nSPS) is 21.0. The van der Waals surface area contributed by atoms with Gasteiger partial charge < -0.3 is 9.47 Å². The molecule has 0 spiro atoms. The Morgan fingerprint density at radius 3 is 2.41 bits per heavy atom. The van der Waals surface area contributed by atoms with Crippen molar-refractivity contribution >= 4 is 11.9 Å². The molecule has 1 saturated heterocycles. The Morgan fingerprint density at radius 2 is 1.86 bits per heavy atom. The average Bonchev–Trinajstić information content (AvgIpc) is 2.68. The van der Waals surface area contributed by atoms with E-state index in [-0.39, 0.29) is 12.4 Å². The second-order valence-corrected chi connectivity index (χ2v) is 7.40. The van der Waals surface area contributed by atoms with E-state index in [1.807, 2.05) is 20.8 Å². The van der Waals surface area contributed by atoms with Crippen LogP contribution in [0, 0.1) is 0 Å². The van der Waals surface area contributed by atoms with Crippen LogP contribution in [0.25, 0.3) is 0 Å². The molecule has 1 aliphatic heterocycles. The number of rotatable bonds is 6. The molecule has 0 aromatic rings. The second-order valence-electron chi connectivity index (χ2n) is 7.40. The number of Topliss-reactive ketones (excluding diaryl/α,β-unsaturated/α-hetero) is 1. The summed E-state index contributed by atoms with van der Waals surface area (Å²) in [5, 5.41) is 0. The lowest BCUT2D eigenvalue weighted by molar-refractivity contribution is -0.124. The van der Waals surface area contributed by atoms with E-state index in [9.17, 15) is 9.59 Å². The topological polar surface area (TPSA) is 55.8 Å². The van der Waals surface area contributed by atoms with Crippen molar-refractivity contribution in [3.05, 3.63) is 0 Å². The number of hydrogen-bond donors (Lipinski definition) is 0. The van der Waals surface area contributed by atoms with Gasteiger partial charge in [-0.3, -0.25) is 9.69 Å². The van der Waals surface area contributed by atoms with Crippen molar-refractivity contribution in [2.75, 3.05) is 6.61 Å². The van der Waals surface area contributed by atoms with Gasteiger partial charge in [-0.15, -0.1) is 0 Å². The first-order valence-electron chi connectivity index (χ1n) is 8.27. The summed E-state index contributed by atoms with van der Waals surface area (Å²) in [5.41, 5.74) is -1.41. The minimum absolute atomic E-state index is 0.0625. The number of carbonyl (C=O) groups excluding carboxylic acids is 2. The first-order valence-corrected chi connectivity index (χ1v) is 8.27. The lowest BCUT2D eigenvalue weighted by atomic mass is 10.0. The maximum absolute atomic E-state index is 12.4. The van der Waals surface area contributed by atoms with Gasteiger partial charge in [-0.05, 0) is 41.0 Å². The van der Waals surface area contributed by atoms with E-state index in [2.05, 4.69) is 6.92 Å². The van der Waals surface area contributed by atoms with E-state index < -0.39 is 23.5 Å². The first-order chi connectivity index (χ1) is 10.1. The average molecular weight is 313 g/mol. The molecule has 128 valence electrons. The van der Waals surface area contributed by atoms with Crippen molar-refractivity contribution in [3.63, 3.8) is 0 Å². The molecule has 1 aliphatic rings. The zero-order valence-corrected chi connectivity index (χ0v) is 14.9. The summed E-state index contributed by atoms with van der Waals surface area (Å²) in [5.74, 6) is 0.0625. The van der Waals surface area contributed by atoms with E-state index in [1.54, 1.807) is 13.8 Å². The smallest absolute Gasteiger partial charge is 0.413 e. The molecular weight excluding hydrogens is 282 g/mol. The van der Waals surface area contributed by atoms with Crippen molar-refractivity contribution < 1.29 is 19.1 Å². The van der Waals surface area contributed by atoms with E-state index in [4.69, 9.17) is 9.47 Å². The molecule has 1 amide bonds. The van der Waals surface area contributed by atoms with Gasteiger partial charge in [0.05, 0.1) is 6.61 Å². The second kappa shape index (κ2) is 7.44. The van der Waals surface area contributed by atoms with Gasteiger partial charge in [0, 0.05) is 6.42 Å². The first kappa shape index (κ1) is 18.9. The Balaban J connectivity index is 2.72. The third-order valence-corrected chi connectivity index (χ3v) is 3.72. The molecule has 0 aliphatic carbocycles. The maximum Gasteiger partial charge on any atom is 0.413 e. The molecule has 0 aromatic heterocycles. The minimum Gasteiger partial charge on any atom is -0.444 e. The zero-order chi connectivity index (χ0) is 17.0. The van der Waals surface area contributed by atoms with Crippen LogP contribution in [0.4, 0.5) is 4.79 Å². The molecule has 1 heterocycles. The number of amides is 1. The number of hydrogen-bond acceptors (Lipinski definition) is 4. The Morgan fingerprint density at radius 1 is 1.23 bits per heavy atom. The van der Waals surface area contributed by atoms with Gasteiger partial charge in [0.1, 0.15) is 17.4 Å². The van der Waals surface area contributed by atoms with Crippen molar-refractivity contribution in [2.45, 2.75) is 91.0 Å². The standard InChI is InChI=1S/C17H31NO4/c1-7-8-9-10-11-14(19)13-12-21-17(5,6)18(13)15(20)22-16(2,3)4/h13H,7-12H2,1-6H3/t13-/m0/s1. The van der Waals surface area contributed by atoms with Gasteiger partial charge in [-0.1, -0.05) is 26.2 Å². The van der Waals surface area contributed by atoms with Crippen LogP contribution >= 0.6 is 0 Å². The monoisotopic (exact) mass is 313 g/mol. The van der Waals surface area contributed by atoms with Gasteiger partial charge in [0.2, 0.25) is 0 Å². The van der Waals surface area contributed by atoms with Crippen LogP contribution in [0.1, 0.15) is 73.6 Å². The molecule has 0 N–H and O–H groups in total. The van der Waals surface area contributed by atoms with Crippen LogP contribution < -0.4 is 0 Å². The summed E-state index contributed by atoms with van der Waals surface area (Å²) < 4.78 is 11.1. The van der Waals surface area contributed by atoms with Gasteiger partial charge in [-0.25, -0.2) is 4.79 Å². The Labute approximate surface area is 134 Å². The highest BCUT2D eigenvalue weighted by Crippen LogP contribution is 2.30. The summed E-state index contributed by atoms with van der Waals surface area (Å²) in [7, 11) is 0. The summed E-state index contributed by atoms with van der Waals surface area (Å²) in [6.45, 7) is 11.4. The molecule has 0 radical (unpaired) electrons. The highest BCUT2D eigenvalue weighted by molar-refractivity contribution is 5.88. The largest absolute Gasteiger partial charge is 0.444 e. The van der Waals surface area contributed by atoms with Gasteiger partial charge in [-0.2, -0.15) is 0 Å². The zero-order valence-electron chi connectivity index (χ0n) is 14.9. The molecule has 0 saturated carbocycles. The maximum atomic E-state index is 12.4. The molecular formula is C17H31NO4. The third-order valence-electron chi connectivity index (χ3n) is 3.72. The third kappa shape index (κ3) is 5.27. The van der Waals surface area contributed by atoms with Crippen LogP contribution in [0.3, 0.4) is 0 Å². The predicted molar refractivity (Wildman–Crippen MR) is 85.7 cm³/mol. The van der Waals surface area contributed by atoms with E-state index >= 15 is 0 Å². The number of unbranched alkanes of at least 4 members (excludes halogenated alkanes) is 3. The summed E-state index contributed by atoms with van der Waals surface area (Å²) in [6, 6.07) is -0.536. The highest BCUT2D eigenvalue weighted by atomic mass is 16.6. The molecule has 0 bridgehead atoms. The molecule has 1 atom stereocenters. The highest BCUT2D eigenvalue weighted by Gasteiger charge is 2.48. The molecule has 5 heteroatoms. The molecule has 5 nitrogen and oxygen atoms in total. The summed E-state index contributed by atoms with van der Waals surface area (Å²) >= 11 is 0. The lowest BCUT2D eigenvalue weighted by Gasteiger charge is -2.34. The van der Waals surface area contributed by atoms with Gasteiger partial charge in [0.15, 0.2) is 5.78 Å². The number of ether oxygens (including phenoxy) is 2. The van der Waals surface area contributed by atoms with E-state index in [0.717, 1.165) is 25.7 Å². The van der Waals surface area contributed by atoms with Gasteiger partial charge in [0.25, 0.3) is 0 Å². The molecule has 22 heavy (non-hydrogen) atoms. The molecule has 1 fully saturated rings. The van der Waals surface area contributed by atoms with Crippen molar-refractivity contribution in [3.8, 4) is 0 Å². The molecule has 0 aromatic carbocycles. The van der Waals surface area contributed by atoms with E-state index in [0.29, 0.717) is 6.42 Å². The summed E-state index contributed by atoms with van der Waals surface area (Å²) in [6.07, 6.45) is 4.19. The Bertz CT molecular complexity index is 398. The van der Waals surface area contributed by atoms with Crippen LogP contribution in [0.5, 0.6) is 0 Å². The molecule has 1 rings (SSSR count). The number of ketones is 1. The Hall–Kier alpha value is -1.10. The lowest BCUT2D eigenvalue weighted by Crippen LogP contribution is -2.52. The van der Waals surface area contributed by atoms with Gasteiger partial charge >= 0.3 is 6.09 Å². The fraction of sp³-hybridized carbons (Fsp3) is 0.882. The van der Waals surface area contributed by atoms with E-state index in [1.165, 1.54) is 4.90 Å². The van der Waals surface area contributed by atoms with Crippen LogP contribution in [0.2, 0.25) is 0 Å². The Kier molecular flexibility index (Phi) is 6.41. The minimum atomic E-state index is -0.813. The van der Waals surface area contributed by atoms with Crippen molar-refractivity contribution in [2.24, 2.45) is 0 Å².